The Bertz CT molecular complexity index is 431. The smallest absolute Gasteiger partial charge is 0.383 e. The fourth-order valence-electron chi connectivity index (χ4n) is 1.87. The lowest BCUT2D eigenvalue weighted by Crippen LogP contribution is -2.33. The van der Waals surface area contributed by atoms with Crippen LogP contribution < -0.4 is 0 Å². The Kier molecular flexibility index (Phi) is 3.82. The van der Waals surface area contributed by atoms with Gasteiger partial charge in [-0.25, -0.2) is 0 Å². The molecule has 1 aromatic rings. The monoisotopic (exact) mass is 280 g/mol. The van der Waals surface area contributed by atoms with Gasteiger partial charge in [-0.2, -0.15) is 18.2 Å². The fraction of sp³-hybridized carbons (Fsp3) is 0.818. The van der Waals surface area contributed by atoms with Crippen LogP contribution in [0.3, 0.4) is 0 Å². The van der Waals surface area contributed by atoms with Crippen molar-refractivity contribution >= 4 is 0 Å². The molecule has 1 aliphatic rings. The number of hydrogen-bond acceptors (Lipinski definition) is 5. The van der Waals surface area contributed by atoms with Gasteiger partial charge in [-0.05, 0) is 18.8 Å². The van der Waals surface area contributed by atoms with Crippen LogP contribution in [-0.2, 0) is 4.74 Å². The number of aliphatic hydroxyl groups is 1. The predicted octanol–water partition coefficient (Wildman–Crippen LogP) is 2.19. The standard InChI is InChI=1S/C11H15F3N2O3/c1-5(8(17)11(12,13)14)10-15-9(16-19-10)7(18-2)6-3-4-6/h5-8,17H,3-4H2,1-2H3. The third-order valence-corrected chi connectivity index (χ3v) is 3.21. The first kappa shape index (κ1) is 14.3. The second-order valence-electron chi connectivity index (χ2n) is 4.76. The van der Waals surface area contributed by atoms with E-state index in [9.17, 15) is 13.2 Å². The first-order valence-electron chi connectivity index (χ1n) is 5.95. The third kappa shape index (κ3) is 3.06. The highest BCUT2D eigenvalue weighted by atomic mass is 19.4. The second-order valence-corrected chi connectivity index (χ2v) is 4.76. The van der Waals surface area contributed by atoms with E-state index in [0.717, 1.165) is 12.8 Å². The Balaban J connectivity index is 2.11. The highest BCUT2D eigenvalue weighted by molar-refractivity contribution is 5.02. The van der Waals surface area contributed by atoms with E-state index in [2.05, 4.69) is 10.1 Å². The maximum Gasteiger partial charge on any atom is 0.415 e. The molecule has 3 atom stereocenters. The Hall–Kier alpha value is -1.15. The van der Waals surface area contributed by atoms with Crippen molar-refractivity contribution < 1.29 is 27.5 Å². The van der Waals surface area contributed by atoms with Crippen molar-refractivity contribution in [2.75, 3.05) is 7.11 Å². The zero-order valence-electron chi connectivity index (χ0n) is 10.5. The molecule has 1 fully saturated rings. The second kappa shape index (κ2) is 5.09. The lowest BCUT2D eigenvalue weighted by molar-refractivity contribution is -0.210. The third-order valence-electron chi connectivity index (χ3n) is 3.21. The topological polar surface area (TPSA) is 68.4 Å². The molecule has 1 heterocycles. The molecule has 0 aromatic carbocycles. The number of ether oxygens (including phenoxy) is 1. The van der Waals surface area contributed by atoms with Gasteiger partial charge in [0, 0.05) is 7.11 Å². The zero-order chi connectivity index (χ0) is 14.2. The molecule has 5 nitrogen and oxygen atoms in total. The molecule has 108 valence electrons. The summed E-state index contributed by atoms with van der Waals surface area (Å²) in [5, 5.41) is 12.8. The van der Waals surface area contributed by atoms with Gasteiger partial charge in [0.25, 0.3) is 0 Å². The Morgan fingerprint density at radius 1 is 1.42 bits per heavy atom. The summed E-state index contributed by atoms with van der Waals surface area (Å²) in [5.74, 6) is -1.01. The van der Waals surface area contributed by atoms with Crippen LogP contribution in [0.25, 0.3) is 0 Å². The predicted molar refractivity (Wildman–Crippen MR) is 57.2 cm³/mol. The summed E-state index contributed by atoms with van der Waals surface area (Å²) in [6.45, 7) is 1.19. The molecular weight excluding hydrogens is 265 g/mol. The maximum absolute atomic E-state index is 12.4. The van der Waals surface area contributed by atoms with Gasteiger partial charge >= 0.3 is 6.18 Å². The number of aliphatic hydroxyl groups excluding tert-OH is 1. The van der Waals surface area contributed by atoms with Crippen LogP contribution in [0.1, 0.15) is 43.5 Å². The lowest BCUT2D eigenvalue weighted by Gasteiger charge is -2.18. The highest BCUT2D eigenvalue weighted by Crippen LogP contribution is 2.42. The molecule has 1 saturated carbocycles. The number of aromatic nitrogens is 2. The largest absolute Gasteiger partial charge is 0.415 e. The molecule has 0 saturated heterocycles. The van der Waals surface area contributed by atoms with Crippen LogP contribution in [0.15, 0.2) is 4.52 Å². The van der Waals surface area contributed by atoms with E-state index in [4.69, 9.17) is 14.4 Å². The van der Waals surface area contributed by atoms with E-state index in [1.807, 2.05) is 0 Å². The van der Waals surface area contributed by atoms with Gasteiger partial charge in [0.2, 0.25) is 11.7 Å². The van der Waals surface area contributed by atoms with Crippen LogP contribution in [0.5, 0.6) is 0 Å². The van der Waals surface area contributed by atoms with Crippen molar-refractivity contribution in [2.24, 2.45) is 5.92 Å². The molecule has 0 spiro atoms. The minimum atomic E-state index is -4.72. The normalized spacial score (nSPS) is 21.2. The van der Waals surface area contributed by atoms with Crippen LogP contribution in [0.4, 0.5) is 13.2 Å². The van der Waals surface area contributed by atoms with Gasteiger partial charge in [-0.1, -0.05) is 12.1 Å². The molecule has 8 heteroatoms. The van der Waals surface area contributed by atoms with Crippen molar-refractivity contribution in [3.05, 3.63) is 11.7 Å². The minimum absolute atomic E-state index is 0.234. The van der Waals surface area contributed by atoms with E-state index < -0.39 is 18.2 Å². The van der Waals surface area contributed by atoms with E-state index in [-0.39, 0.29) is 17.8 Å². The Morgan fingerprint density at radius 3 is 2.53 bits per heavy atom. The first-order valence-corrected chi connectivity index (χ1v) is 5.95. The average molecular weight is 280 g/mol. The van der Waals surface area contributed by atoms with Gasteiger partial charge in [-0.3, -0.25) is 0 Å². The van der Waals surface area contributed by atoms with Gasteiger partial charge in [0.15, 0.2) is 6.10 Å². The first-order chi connectivity index (χ1) is 8.84. The van der Waals surface area contributed by atoms with Gasteiger partial charge in [0.1, 0.15) is 6.10 Å². The van der Waals surface area contributed by atoms with Crippen LogP contribution in [0, 0.1) is 5.92 Å². The summed E-state index contributed by atoms with van der Waals surface area (Å²) < 4.78 is 47.2. The van der Waals surface area contributed by atoms with E-state index >= 15 is 0 Å². The Morgan fingerprint density at radius 2 is 2.05 bits per heavy atom. The fourth-order valence-corrected chi connectivity index (χ4v) is 1.87. The van der Waals surface area contributed by atoms with E-state index in [1.165, 1.54) is 14.0 Å². The van der Waals surface area contributed by atoms with Crippen molar-refractivity contribution in [2.45, 2.75) is 44.1 Å². The minimum Gasteiger partial charge on any atom is -0.383 e. The summed E-state index contributed by atoms with van der Waals surface area (Å²) in [6, 6.07) is 0. The molecule has 2 rings (SSSR count). The van der Waals surface area contributed by atoms with Crippen LogP contribution >= 0.6 is 0 Å². The summed E-state index contributed by atoms with van der Waals surface area (Å²) in [6.07, 6.45) is -5.65. The molecule has 0 radical (unpaired) electrons. The van der Waals surface area contributed by atoms with Crippen molar-refractivity contribution in [1.29, 1.82) is 0 Å². The molecule has 3 unspecified atom stereocenters. The molecule has 0 aliphatic heterocycles. The molecule has 19 heavy (non-hydrogen) atoms. The molecule has 1 aliphatic carbocycles. The SMILES string of the molecule is COC(c1noc(C(C)C(O)C(F)(F)F)n1)C1CC1. The average Bonchev–Trinajstić information content (AvgIpc) is 3.04. The number of halogens is 3. The highest BCUT2D eigenvalue weighted by Gasteiger charge is 2.44. The van der Waals surface area contributed by atoms with Gasteiger partial charge in [0.05, 0.1) is 5.92 Å². The Labute approximate surface area is 107 Å². The van der Waals surface area contributed by atoms with Crippen molar-refractivity contribution in [3.63, 3.8) is 0 Å². The number of nitrogens with zero attached hydrogens (tertiary/aromatic N) is 2. The summed E-state index contributed by atoms with van der Waals surface area (Å²) in [7, 11) is 1.49. The number of alkyl halides is 3. The molecule has 1 N–H and O–H groups in total. The summed E-state index contributed by atoms with van der Waals surface area (Å²) in [5.41, 5.74) is 0. The van der Waals surface area contributed by atoms with Crippen LogP contribution in [-0.4, -0.2) is 34.6 Å². The zero-order valence-corrected chi connectivity index (χ0v) is 10.5. The summed E-state index contributed by atoms with van der Waals surface area (Å²) in [4.78, 5) is 3.91. The molecule has 1 aromatic heterocycles. The quantitative estimate of drug-likeness (QED) is 0.895. The van der Waals surface area contributed by atoms with Crippen molar-refractivity contribution in [1.82, 2.24) is 10.1 Å². The van der Waals surface area contributed by atoms with Gasteiger partial charge in [-0.15, -0.1) is 0 Å². The number of methoxy groups -OCH3 is 1. The number of rotatable bonds is 5. The number of hydrogen-bond donors (Lipinski definition) is 1. The molecule has 0 amide bonds. The molecule has 0 bridgehead atoms. The van der Waals surface area contributed by atoms with E-state index in [0.29, 0.717) is 5.92 Å². The van der Waals surface area contributed by atoms with Crippen LogP contribution in [0.2, 0.25) is 0 Å². The molecular formula is C11H15F3N2O3. The van der Waals surface area contributed by atoms with Gasteiger partial charge < -0.3 is 14.4 Å². The lowest BCUT2D eigenvalue weighted by atomic mass is 10.0. The summed E-state index contributed by atoms with van der Waals surface area (Å²) >= 11 is 0. The maximum atomic E-state index is 12.4. The van der Waals surface area contributed by atoms with E-state index in [1.54, 1.807) is 0 Å². The van der Waals surface area contributed by atoms with Crippen molar-refractivity contribution in [3.8, 4) is 0 Å².